The Kier molecular flexibility index (Phi) is 5.52. The van der Waals surface area contributed by atoms with E-state index in [1.165, 1.54) is 23.9 Å². The van der Waals surface area contributed by atoms with Crippen LogP contribution in [0, 0.1) is 10.1 Å². The van der Waals surface area contributed by atoms with Gasteiger partial charge in [0.25, 0.3) is 11.6 Å². The molecule has 0 unspecified atom stereocenters. The fourth-order valence-electron chi connectivity index (χ4n) is 2.28. The number of carbonyl (C=O) groups is 2. The van der Waals surface area contributed by atoms with Crippen LogP contribution in [0.5, 0.6) is 0 Å². The summed E-state index contributed by atoms with van der Waals surface area (Å²) in [6, 6.07) is 13.1. The van der Waals surface area contributed by atoms with Crippen LogP contribution in [-0.4, -0.2) is 28.5 Å². The van der Waals surface area contributed by atoms with Gasteiger partial charge in [-0.15, -0.1) is 11.8 Å². The molecule has 1 aliphatic carbocycles. The third kappa shape index (κ3) is 4.82. The van der Waals surface area contributed by atoms with Crippen molar-refractivity contribution in [2.24, 2.45) is 0 Å². The Bertz CT molecular complexity index is 835. The molecule has 3 rings (SSSR count). The summed E-state index contributed by atoms with van der Waals surface area (Å²) in [4.78, 5) is 35.4. The number of carbonyl (C=O) groups excluding carboxylic acids is 2. The predicted molar refractivity (Wildman–Crippen MR) is 99.4 cm³/mol. The fourth-order valence-corrected chi connectivity index (χ4v) is 2.98. The van der Waals surface area contributed by atoms with Crippen molar-refractivity contribution >= 4 is 35.0 Å². The Morgan fingerprint density at radius 1 is 1.12 bits per heavy atom. The molecular weight excluding hydrogens is 354 g/mol. The largest absolute Gasteiger partial charge is 0.349 e. The smallest absolute Gasteiger partial charge is 0.269 e. The van der Waals surface area contributed by atoms with Crippen molar-refractivity contribution in [1.82, 2.24) is 5.32 Å². The number of anilines is 1. The normalized spacial score (nSPS) is 13.1. The molecule has 1 aliphatic rings. The van der Waals surface area contributed by atoms with Gasteiger partial charge >= 0.3 is 0 Å². The molecule has 0 heterocycles. The van der Waals surface area contributed by atoms with Gasteiger partial charge in [-0.1, -0.05) is 12.1 Å². The molecule has 2 aromatic carbocycles. The van der Waals surface area contributed by atoms with Crippen molar-refractivity contribution in [2.45, 2.75) is 23.8 Å². The quantitative estimate of drug-likeness (QED) is 0.442. The van der Waals surface area contributed by atoms with Gasteiger partial charge in [0.15, 0.2) is 0 Å². The monoisotopic (exact) mass is 371 g/mol. The van der Waals surface area contributed by atoms with Crippen molar-refractivity contribution in [3.63, 3.8) is 0 Å². The Balaban J connectivity index is 1.57. The van der Waals surface area contributed by atoms with Crippen LogP contribution in [0.15, 0.2) is 53.4 Å². The van der Waals surface area contributed by atoms with Crippen LogP contribution in [0.3, 0.4) is 0 Å². The lowest BCUT2D eigenvalue weighted by molar-refractivity contribution is -0.384. The molecule has 8 heteroatoms. The maximum absolute atomic E-state index is 12.2. The Morgan fingerprint density at radius 3 is 2.46 bits per heavy atom. The first-order chi connectivity index (χ1) is 12.5. The number of thioether (sulfide) groups is 1. The molecule has 7 nitrogen and oxygen atoms in total. The molecule has 1 fully saturated rings. The van der Waals surface area contributed by atoms with E-state index in [9.17, 15) is 19.7 Å². The maximum atomic E-state index is 12.2. The molecule has 0 aliphatic heterocycles. The molecule has 0 radical (unpaired) electrons. The molecule has 0 spiro atoms. The number of amides is 2. The molecule has 2 aromatic rings. The average molecular weight is 371 g/mol. The zero-order chi connectivity index (χ0) is 18.5. The minimum atomic E-state index is -0.467. The first kappa shape index (κ1) is 17.9. The van der Waals surface area contributed by atoms with Crippen molar-refractivity contribution < 1.29 is 14.5 Å². The zero-order valence-corrected chi connectivity index (χ0v) is 14.6. The van der Waals surface area contributed by atoms with E-state index in [-0.39, 0.29) is 29.3 Å². The number of hydrogen-bond donors (Lipinski definition) is 2. The Labute approximate surface area is 154 Å². The molecule has 0 aromatic heterocycles. The summed E-state index contributed by atoms with van der Waals surface area (Å²) in [5.41, 5.74) is 0.919. The SMILES string of the molecule is O=C(CSc1ccc([N+](=O)[O-])cc1)Nc1ccccc1C(=O)NC1CC1. The van der Waals surface area contributed by atoms with Crippen LogP contribution in [0.1, 0.15) is 23.2 Å². The molecule has 26 heavy (non-hydrogen) atoms. The first-order valence-corrected chi connectivity index (χ1v) is 9.08. The standard InChI is InChI=1S/C18H17N3O4S/c22-17(11-26-14-9-7-13(8-10-14)21(24)25)20-16-4-2-1-3-15(16)18(23)19-12-5-6-12/h1-4,7-10,12H,5-6,11H2,(H,19,23)(H,20,22). The lowest BCUT2D eigenvalue weighted by Gasteiger charge is -2.11. The van der Waals surface area contributed by atoms with E-state index in [1.807, 2.05) is 0 Å². The number of nitrogens with zero attached hydrogens (tertiary/aromatic N) is 1. The number of non-ortho nitro benzene ring substituents is 1. The highest BCUT2D eigenvalue weighted by Crippen LogP contribution is 2.23. The zero-order valence-electron chi connectivity index (χ0n) is 13.8. The highest BCUT2D eigenvalue weighted by atomic mass is 32.2. The number of nitrogens with one attached hydrogen (secondary N) is 2. The van der Waals surface area contributed by atoms with Crippen LogP contribution in [0.25, 0.3) is 0 Å². The summed E-state index contributed by atoms with van der Waals surface area (Å²) in [7, 11) is 0. The van der Waals surface area contributed by atoms with E-state index in [0.717, 1.165) is 17.7 Å². The van der Waals surface area contributed by atoms with E-state index in [0.29, 0.717) is 11.3 Å². The number of hydrogen-bond acceptors (Lipinski definition) is 5. The van der Waals surface area contributed by atoms with Crippen molar-refractivity contribution in [1.29, 1.82) is 0 Å². The third-order valence-electron chi connectivity index (χ3n) is 3.78. The minimum Gasteiger partial charge on any atom is -0.349 e. The second kappa shape index (κ2) is 8.01. The van der Waals surface area contributed by atoms with E-state index < -0.39 is 4.92 Å². The van der Waals surface area contributed by atoms with Crippen LogP contribution in [0.4, 0.5) is 11.4 Å². The second-order valence-electron chi connectivity index (χ2n) is 5.88. The number of nitro benzene ring substituents is 1. The number of nitro groups is 1. The molecular formula is C18H17N3O4S. The summed E-state index contributed by atoms with van der Waals surface area (Å²) in [5.74, 6) is -0.303. The van der Waals surface area contributed by atoms with Gasteiger partial charge in [-0.3, -0.25) is 19.7 Å². The minimum absolute atomic E-state index is 0.00871. The summed E-state index contributed by atoms with van der Waals surface area (Å²) in [5, 5.41) is 16.3. The molecule has 0 bridgehead atoms. The van der Waals surface area contributed by atoms with Gasteiger partial charge in [-0.2, -0.15) is 0 Å². The van der Waals surface area contributed by atoms with E-state index in [1.54, 1.807) is 36.4 Å². The van der Waals surface area contributed by atoms with Crippen LogP contribution < -0.4 is 10.6 Å². The molecule has 1 saturated carbocycles. The van der Waals surface area contributed by atoms with Crippen LogP contribution >= 0.6 is 11.8 Å². The molecule has 0 atom stereocenters. The third-order valence-corrected chi connectivity index (χ3v) is 4.79. The van der Waals surface area contributed by atoms with Gasteiger partial charge in [0.1, 0.15) is 0 Å². The van der Waals surface area contributed by atoms with Crippen LogP contribution in [0.2, 0.25) is 0 Å². The average Bonchev–Trinajstić information content (AvgIpc) is 3.44. The van der Waals surface area contributed by atoms with E-state index in [4.69, 9.17) is 0 Å². The summed E-state index contributed by atoms with van der Waals surface area (Å²) < 4.78 is 0. The topological polar surface area (TPSA) is 101 Å². The van der Waals surface area contributed by atoms with Crippen LogP contribution in [-0.2, 0) is 4.79 Å². The molecule has 0 saturated heterocycles. The molecule has 2 N–H and O–H groups in total. The van der Waals surface area contributed by atoms with E-state index in [2.05, 4.69) is 10.6 Å². The maximum Gasteiger partial charge on any atom is 0.269 e. The summed E-state index contributed by atoms with van der Waals surface area (Å²) in [6.07, 6.45) is 1.98. The van der Waals surface area contributed by atoms with Crippen molar-refractivity contribution in [3.05, 3.63) is 64.2 Å². The molecule has 2 amide bonds. The highest BCUT2D eigenvalue weighted by Gasteiger charge is 2.25. The number of para-hydroxylation sites is 1. The Hall–Kier alpha value is -2.87. The Morgan fingerprint density at radius 2 is 1.81 bits per heavy atom. The van der Waals surface area contributed by atoms with Crippen molar-refractivity contribution in [3.8, 4) is 0 Å². The van der Waals surface area contributed by atoms with Gasteiger partial charge in [0.05, 0.1) is 21.9 Å². The number of rotatable bonds is 7. The lowest BCUT2D eigenvalue weighted by Crippen LogP contribution is -2.27. The highest BCUT2D eigenvalue weighted by molar-refractivity contribution is 8.00. The number of benzene rings is 2. The van der Waals surface area contributed by atoms with Crippen molar-refractivity contribution in [2.75, 3.05) is 11.1 Å². The molecule has 134 valence electrons. The summed E-state index contributed by atoms with van der Waals surface area (Å²) >= 11 is 1.27. The summed E-state index contributed by atoms with van der Waals surface area (Å²) in [6.45, 7) is 0. The lowest BCUT2D eigenvalue weighted by atomic mass is 10.1. The van der Waals surface area contributed by atoms with Gasteiger partial charge in [-0.05, 0) is 37.1 Å². The van der Waals surface area contributed by atoms with Gasteiger partial charge in [0.2, 0.25) is 5.91 Å². The second-order valence-corrected chi connectivity index (χ2v) is 6.93. The predicted octanol–water partition coefficient (Wildman–Crippen LogP) is 3.22. The van der Waals surface area contributed by atoms with Gasteiger partial charge < -0.3 is 10.6 Å². The van der Waals surface area contributed by atoms with Gasteiger partial charge in [0, 0.05) is 23.1 Å². The van der Waals surface area contributed by atoms with E-state index >= 15 is 0 Å². The first-order valence-electron chi connectivity index (χ1n) is 8.10. The fraction of sp³-hybridized carbons (Fsp3) is 0.222. The van der Waals surface area contributed by atoms with Gasteiger partial charge in [-0.25, -0.2) is 0 Å².